The number of likely N-dealkylation sites (tertiary alicyclic amines) is 1. The van der Waals surface area contributed by atoms with E-state index in [4.69, 9.17) is 10.5 Å². The van der Waals surface area contributed by atoms with Crippen LogP contribution < -0.4 is 10.5 Å². The Morgan fingerprint density at radius 2 is 2.05 bits per heavy atom. The lowest BCUT2D eigenvalue weighted by Gasteiger charge is -2.26. The molecular formula is C15H22N2O3. The zero-order valence-electron chi connectivity index (χ0n) is 11.9. The summed E-state index contributed by atoms with van der Waals surface area (Å²) in [7, 11) is 1.34. The first-order valence-electron chi connectivity index (χ1n) is 7.04. The molecule has 1 fully saturated rings. The van der Waals surface area contributed by atoms with Gasteiger partial charge in [-0.3, -0.25) is 4.90 Å². The summed E-state index contributed by atoms with van der Waals surface area (Å²) in [4.78, 5) is 13.9. The Hall–Kier alpha value is -1.75. The van der Waals surface area contributed by atoms with Crippen molar-refractivity contribution in [1.29, 1.82) is 0 Å². The number of piperidine rings is 1. The Morgan fingerprint density at radius 3 is 2.75 bits per heavy atom. The van der Waals surface area contributed by atoms with Gasteiger partial charge in [0.15, 0.2) is 0 Å². The molecule has 1 heterocycles. The molecule has 2 rings (SSSR count). The van der Waals surface area contributed by atoms with Crippen LogP contribution >= 0.6 is 0 Å². The lowest BCUT2D eigenvalue weighted by molar-refractivity contribution is 0.0601. The number of benzene rings is 1. The van der Waals surface area contributed by atoms with Crippen LogP contribution in [-0.4, -0.2) is 44.2 Å². The number of carbonyl (C=O) groups excluding carboxylic acids is 1. The quantitative estimate of drug-likeness (QED) is 0.658. The van der Waals surface area contributed by atoms with Gasteiger partial charge in [0.05, 0.1) is 18.4 Å². The summed E-state index contributed by atoms with van der Waals surface area (Å²) in [6.45, 7) is 3.75. The van der Waals surface area contributed by atoms with Crippen molar-refractivity contribution in [3.63, 3.8) is 0 Å². The third-order valence-electron chi connectivity index (χ3n) is 3.59. The lowest BCUT2D eigenvalue weighted by atomic mass is 10.1. The fraction of sp³-hybridized carbons (Fsp3) is 0.533. The van der Waals surface area contributed by atoms with Gasteiger partial charge in [0.25, 0.3) is 0 Å². The molecule has 1 aromatic rings. The van der Waals surface area contributed by atoms with Crippen molar-refractivity contribution in [3.05, 3.63) is 23.8 Å². The number of hydrogen-bond acceptors (Lipinski definition) is 5. The van der Waals surface area contributed by atoms with Gasteiger partial charge in [0.2, 0.25) is 0 Å². The van der Waals surface area contributed by atoms with Crippen LogP contribution in [0, 0.1) is 0 Å². The molecule has 2 N–H and O–H groups in total. The van der Waals surface area contributed by atoms with Gasteiger partial charge in [-0.2, -0.15) is 0 Å². The number of rotatable bonds is 5. The predicted octanol–water partition coefficient (Wildman–Crippen LogP) is 1.92. The van der Waals surface area contributed by atoms with Gasteiger partial charge in [-0.1, -0.05) is 12.5 Å². The number of methoxy groups -OCH3 is 1. The number of carbonyl (C=O) groups is 1. The standard InChI is InChI=1S/C15H22N2O3/c1-19-15(18)12-6-5-7-13(14(12)16)20-11-10-17-8-3-2-4-9-17/h5-7H,2-4,8-11,16H2,1H3. The first-order chi connectivity index (χ1) is 9.72. The highest BCUT2D eigenvalue weighted by Gasteiger charge is 2.14. The Morgan fingerprint density at radius 1 is 1.30 bits per heavy atom. The summed E-state index contributed by atoms with van der Waals surface area (Å²) in [5, 5.41) is 0. The Balaban J connectivity index is 1.90. The molecule has 0 unspecified atom stereocenters. The average Bonchev–Trinajstić information content (AvgIpc) is 2.49. The van der Waals surface area contributed by atoms with E-state index in [1.165, 1.54) is 26.4 Å². The first-order valence-corrected chi connectivity index (χ1v) is 7.04. The van der Waals surface area contributed by atoms with Crippen LogP contribution in [-0.2, 0) is 4.74 Å². The fourth-order valence-electron chi connectivity index (χ4n) is 2.43. The molecule has 0 bridgehead atoms. The van der Waals surface area contributed by atoms with E-state index in [1.807, 2.05) is 0 Å². The smallest absolute Gasteiger partial charge is 0.340 e. The summed E-state index contributed by atoms with van der Waals surface area (Å²) in [6.07, 6.45) is 3.85. The summed E-state index contributed by atoms with van der Waals surface area (Å²) in [6, 6.07) is 5.16. The Bertz CT molecular complexity index is 456. The van der Waals surface area contributed by atoms with E-state index in [2.05, 4.69) is 9.64 Å². The summed E-state index contributed by atoms with van der Waals surface area (Å²) in [5.74, 6) is 0.105. The molecule has 0 aliphatic carbocycles. The van der Waals surface area contributed by atoms with Crippen molar-refractivity contribution in [2.24, 2.45) is 0 Å². The molecule has 0 radical (unpaired) electrons. The number of hydrogen-bond donors (Lipinski definition) is 1. The maximum atomic E-state index is 11.5. The van der Waals surface area contributed by atoms with Crippen molar-refractivity contribution in [3.8, 4) is 5.75 Å². The summed E-state index contributed by atoms with van der Waals surface area (Å²) < 4.78 is 10.4. The Labute approximate surface area is 119 Å². The molecule has 0 aromatic heterocycles. The first kappa shape index (κ1) is 14.7. The van der Waals surface area contributed by atoms with Crippen LogP contribution in [0.5, 0.6) is 5.75 Å². The Kier molecular flexibility index (Phi) is 5.24. The average molecular weight is 278 g/mol. The van der Waals surface area contributed by atoms with Crippen molar-refractivity contribution < 1.29 is 14.3 Å². The second-order valence-corrected chi connectivity index (χ2v) is 4.96. The number of anilines is 1. The second kappa shape index (κ2) is 7.14. The highest BCUT2D eigenvalue weighted by molar-refractivity contribution is 5.96. The molecule has 0 atom stereocenters. The van der Waals surface area contributed by atoms with Gasteiger partial charge >= 0.3 is 5.97 Å². The maximum absolute atomic E-state index is 11.5. The van der Waals surface area contributed by atoms with E-state index < -0.39 is 5.97 Å². The van der Waals surface area contributed by atoms with Crippen LogP contribution in [0.3, 0.4) is 0 Å². The number of esters is 1. The minimum absolute atomic E-state index is 0.345. The van der Waals surface area contributed by atoms with E-state index in [9.17, 15) is 4.79 Å². The molecule has 0 amide bonds. The molecule has 1 aromatic carbocycles. The zero-order chi connectivity index (χ0) is 14.4. The monoisotopic (exact) mass is 278 g/mol. The van der Waals surface area contributed by atoms with Gasteiger partial charge in [0.1, 0.15) is 12.4 Å². The third kappa shape index (κ3) is 3.63. The molecule has 1 saturated heterocycles. The number of ether oxygens (including phenoxy) is 2. The van der Waals surface area contributed by atoms with Crippen molar-refractivity contribution in [2.75, 3.05) is 39.1 Å². The van der Waals surface area contributed by atoms with E-state index in [1.54, 1.807) is 18.2 Å². The maximum Gasteiger partial charge on any atom is 0.340 e. The fourth-order valence-corrected chi connectivity index (χ4v) is 2.43. The highest BCUT2D eigenvalue weighted by atomic mass is 16.5. The molecule has 20 heavy (non-hydrogen) atoms. The summed E-state index contributed by atoms with van der Waals surface area (Å²) in [5.41, 5.74) is 6.63. The van der Waals surface area contributed by atoms with E-state index >= 15 is 0 Å². The zero-order valence-corrected chi connectivity index (χ0v) is 11.9. The third-order valence-corrected chi connectivity index (χ3v) is 3.59. The van der Waals surface area contributed by atoms with E-state index in [0.29, 0.717) is 23.6 Å². The van der Waals surface area contributed by atoms with Crippen LogP contribution in [0.25, 0.3) is 0 Å². The van der Waals surface area contributed by atoms with Crippen molar-refractivity contribution in [1.82, 2.24) is 4.90 Å². The molecule has 0 spiro atoms. The predicted molar refractivity (Wildman–Crippen MR) is 78.0 cm³/mol. The highest BCUT2D eigenvalue weighted by Crippen LogP contribution is 2.25. The van der Waals surface area contributed by atoms with Gasteiger partial charge in [-0.25, -0.2) is 4.79 Å². The minimum atomic E-state index is -0.441. The van der Waals surface area contributed by atoms with E-state index in [0.717, 1.165) is 19.6 Å². The number of para-hydroxylation sites is 1. The van der Waals surface area contributed by atoms with Gasteiger partial charge in [-0.15, -0.1) is 0 Å². The molecule has 5 heteroatoms. The largest absolute Gasteiger partial charge is 0.490 e. The molecule has 1 aliphatic heterocycles. The van der Waals surface area contributed by atoms with Crippen molar-refractivity contribution in [2.45, 2.75) is 19.3 Å². The lowest BCUT2D eigenvalue weighted by Crippen LogP contribution is -2.33. The van der Waals surface area contributed by atoms with Crippen LogP contribution in [0.2, 0.25) is 0 Å². The molecule has 0 saturated carbocycles. The molecule has 5 nitrogen and oxygen atoms in total. The molecule has 1 aliphatic rings. The van der Waals surface area contributed by atoms with Crippen LogP contribution in [0.4, 0.5) is 5.69 Å². The number of nitrogens with two attached hydrogens (primary N) is 1. The second-order valence-electron chi connectivity index (χ2n) is 4.96. The van der Waals surface area contributed by atoms with Gasteiger partial charge < -0.3 is 15.2 Å². The van der Waals surface area contributed by atoms with Gasteiger partial charge in [-0.05, 0) is 38.1 Å². The number of nitrogens with zero attached hydrogens (tertiary/aromatic N) is 1. The van der Waals surface area contributed by atoms with Crippen LogP contribution in [0.1, 0.15) is 29.6 Å². The summed E-state index contributed by atoms with van der Waals surface area (Å²) >= 11 is 0. The topological polar surface area (TPSA) is 64.8 Å². The number of nitrogen functional groups attached to an aromatic ring is 1. The minimum Gasteiger partial charge on any atom is -0.490 e. The van der Waals surface area contributed by atoms with E-state index in [-0.39, 0.29) is 0 Å². The molecular weight excluding hydrogens is 256 g/mol. The van der Waals surface area contributed by atoms with Gasteiger partial charge in [0, 0.05) is 6.54 Å². The van der Waals surface area contributed by atoms with Crippen molar-refractivity contribution >= 4 is 11.7 Å². The van der Waals surface area contributed by atoms with Crippen LogP contribution in [0.15, 0.2) is 18.2 Å². The molecule has 110 valence electrons. The normalized spacial score (nSPS) is 15.8. The SMILES string of the molecule is COC(=O)c1cccc(OCCN2CCCCC2)c1N.